The van der Waals surface area contributed by atoms with Crippen LogP contribution in [0.15, 0.2) is 17.0 Å². The Balaban J connectivity index is 2.24. The van der Waals surface area contributed by atoms with Crippen molar-refractivity contribution >= 4 is 15.7 Å². The van der Waals surface area contributed by atoms with Crippen molar-refractivity contribution < 1.29 is 18.2 Å². The first-order chi connectivity index (χ1) is 9.81. The molecule has 0 aliphatic heterocycles. The Bertz CT molecular complexity index is 651. The zero-order valence-corrected chi connectivity index (χ0v) is 12.8. The fourth-order valence-electron chi connectivity index (χ4n) is 2.34. The van der Waals surface area contributed by atoms with Crippen LogP contribution in [-0.4, -0.2) is 19.4 Å². The Kier molecular flexibility index (Phi) is 4.60. The third-order valence-electron chi connectivity index (χ3n) is 3.75. The highest BCUT2D eigenvalue weighted by Gasteiger charge is 2.24. The van der Waals surface area contributed by atoms with E-state index in [1.165, 1.54) is 6.07 Å². The predicted molar refractivity (Wildman–Crippen MR) is 76.2 cm³/mol. The van der Waals surface area contributed by atoms with E-state index < -0.39 is 14.9 Å². The van der Waals surface area contributed by atoms with Gasteiger partial charge >= 0.3 is 0 Å². The SMILES string of the molecule is Cc1cc(S(=O)(=O)NOC2CCCC2)cc([N+](=O)[O-])c1C. The summed E-state index contributed by atoms with van der Waals surface area (Å²) in [5.41, 5.74) is 0.789. The quantitative estimate of drug-likeness (QED) is 0.664. The van der Waals surface area contributed by atoms with Gasteiger partial charge in [-0.1, -0.05) is 17.7 Å². The Morgan fingerprint density at radius 2 is 1.90 bits per heavy atom. The van der Waals surface area contributed by atoms with E-state index in [2.05, 4.69) is 4.89 Å². The van der Waals surface area contributed by atoms with Gasteiger partial charge in [-0.3, -0.25) is 15.0 Å². The first-order valence-corrected chi connectivity index (χ1v) is 8.22. The van der Waals surface area contributed by atoms with Crippen molar-refractivity contribution in [1.29, 1.82) is 0 Å². The summed E-state index contributed by atoms with van der Waals surface area (Å²) in [5, 5.41) is 11.0. The van der Waals surface area contributed by atoms with Crippen LogP contribution in [0.5, 0.6) is 0 Å². The van der Waals surface area contributed by atoms with E-state index in [1.54, 1.807) is 13.8 Å². The second kappa shape index (κ2) is 6.08. The van der Waals surface area contributed by atoms with Crippen molar-refractivity contribution in [2.45, 2.75) is 50.5 Å². The lowest BCUT2D eigenvalue weighted by Crippen LogP contribution is -2.28. The molecule has 1 fully saturated rings. The highest BCUT2D eigenvalue weighted by molar-refractivity contribution is 7.89. The van der Waals surface area contributed by atoms with Gasteiger partial charge in [0.15, 0.2) is 0 Å². The molecule has 0 heterocycles. The van der Waals surface area contributed by atoms with Crippen molar-refractivity contribution in [1.82, 2.24) is 4.89 Å². The molecule has 1 saturated carbocycles. The molecule has 8 heteroatoms. The number of aryl methyl sites for hydroxylation is 1. The van der Waals surface area contributed by atoms with E-state index in [0.717, 1.165) is 31.7 Å². The predicted octanol–water partition coefficient (Wildman–Crippen LogP) is 2.36. The fourth-order valence-corrected chi connectivity index (χ4v) is 3.30. The van der Waals surface area contributed by atoms with Crippen LogP contribution >= 0.6 is 0 Å². The molecule has 0 spiro atoms. The minimum atomic E-state index is -3.92. The van der Waals surface area contributed by atoms with E-state index in [0.29, 0.717) is 11.1 Å². The molecule has 7 nitrogen and oxygen atoms in total. The van der Waals surface area contributed by atoms with E-state index >= 15 is 0 Å². The lowest BCUT2D eigenvalue weighted by Gasteiger charge is -2.13. The maximum Gasteiger partial charge on any atom is 0.273 e. The number of hydrogen-bond acceptors (Lipinski definition) is 5. The van der Waals surface area contributed by atoms with Crippen LogP contribution in [0.1, 0.15) is 36.8 Å². The number of sulfonamides is 1. The third kappa shape index (κ3) is 3.58. The first kappa shape index (κ1) is 15.9. The van der Waals surface area contributed by atoms with Crippen LogP contribution in [0.4, 0.5) is 5.69 Å². The number of benzene rings is 1. The molecule has 0 bridgehead atoms. The van der Waals surface area contributed by atoms with Gasteiger partial charge in [-0.05, 0) is 38.3 Å². The largest absolute Gasteiger partial charge is 0.284 e. The van der Waals surface area contributed by atoms with Gasteiger partial charge in [-0.25, -0.2) is 8.42 Å². The minimum absolute atomic E-state index is 0.124. The number of nitrogens with zero attached hydrogens (tertiary/aromatic N) is 1. The van der Waals surface area contributed by atoms with E-state index in [-0.39, 0.29) is 16.7 Å². The molecular formula is C13H18N2O5S. The van der Waals surface area contributed by atoms with Gasteiger partial charge in [0.1, 0.15) is 0 Å². The highest BCUT2D eigenvalue weighted by atomic mass is 32.2. The summed E-state index contributed by atoms with van der Waals surface area (Å²) in [5.74, 6) is 0. The summed E-state index contributed by atoms with van der Waals surface area (Å²) in [6, 6.07) is 2.46. The smallest absolute Gasteiger partial charge is 0.273 e. The number of nitrogens with one attached hydrogen (secondary N) is 1. The number of hydrogen-bond donors (Lipinski definition) is 1. The van der Waals surface area contributed by atoms with E-state index in [9.17, 15) is 18.5 Å². The normalized spacial score (nSPS) is 16.3. The van der Waals surface area contributed by atoms with Gasteiger partial charge in [0.2, 0.25) is 0 Å². The molecule has 21 heavy (non-hydrogen) atoms. The maximum atomic E-state index is 12.2. The molecule has 1 aromatic carbocycles. The summed E-state index contributed by atoms with van der Waals surface area (Å²) in [6.07, 6.45) is 3.54. The van der Waals surface area contributed by atoms with Crippen molar-refractivity contribution in [3.8, 4) is 0 Å². The molecule has 0 saturated heterocycles. The summed E-state index contributed by atoms with van der Waals surface area (Å²) in [6.45, 7) is 3.23. The Hall–Kier alpha value is -1.51. The molecule has 0 aromatic heterocycles. The molecule has 0 radical (unpaired) electrons. The fraction of sp³-hybridized carbons (Fsp3) is 0.538. The Morgan fingerprint density at radius 3 is 2.48 bits per heavy atom. The standard InChI is InChI=1S/C13H18N2O5S/c1-9-7-12(8-13(10(9)2)15(16)17)21(18,19)14-20-11-5-3-4-6-11/h7-8,11,14H,3-6H2,1-2H3. The minimum Gasteiger partial charge on any atom is -0.284 e. The average Bonchev–Trinajstić information content (AvgIpc) is 2.92. The molecule has 0 atom stereocenters. The van der Waals surface area contributed by atoms with Crippen molar-refractivity contribution in [3.05, 3.63) is 33.4 Å². The van der Waals surface area contributed by atoms with Gasteiger partial charge in [-0.15, -0.1) is 0 Å². The van der Waals surface area contributed by atoms with Gasteiger partial charge < -0.3 is 0 Å². The third-order valence-corrected chi connectivity index (χ3v) is 4.92. The summed E-state index contributed by atoms with van der Waals surface area (Å²) < 4.78 is 24.3. The summed E-state index contributed by atoms with van der Waals surface area (Å²) in [4.78, 5) is 17.5. The maximum absolute atomic E-state index is 12.2. The van der Waals surface area contributed by atoms with Gasteiger partial charge in [-0.2, -0.15) is 0 Å². The van der Waals surface area contributed by atoms with E-state index in [1.807, 2.05) is 0 Å². The molecule has 0 amide bonds. The molecule has 0 unspecified atom stereocenters. The zero-order valence-electron chi connectivity index (χ0n) is 12.0. The lowest BCUT2D eigenvalue weighted by molar-refractivity contribution is -0.385. The summed E-state index contributed by atoms with van der Waals surface area (Å²) >= 11 is 0. The second-order valence-electron chi connectivity index (χ2n) is 5.25. The zero-order chi connectivity index (χ0) is 15.6. The second-order valence-corrected chi connectivity index (χ2v) is 6.90. The molecule has 1 aliphatic rings. The van der Waals surface area contributed by atoms with Crippen LogP contribution in [0.25, 0.3) is 0 Å². The average molecular weight is 314 g/mol. The van der Waals surface area contributed by atoms with Crippen LogP contribution in [0, 0.1) is 24.0 Å². The number of nitro groups is 1. The Labute approximate surface area is 123 Å². The van der Waals surface area contributed by atoms with Crippen LogP contribution < -0.4 is 4.89 Å². The summed E-state index contributed by atoms with van der Waals surface area (Å²) in [7, 11) is -3.92. The van der Waals surface area contributed by atoms with Crippen LogP contribution in [-0.2, 0) is 14.9 Å². The van der Waals surface area contributed by atoms with Gasteiger partial charge in [0, 0.05) is 11.6 Å². The van der Waals surface area contributed by atoms with Crippen LogP contribution in [0.3, 0.4) is 0 Å². The lowest BCUT2D eigenvalue weighted by atomic mass is 10.1. The molecular weight excluding hydrogens is 296 g/mol. The van der Waals surface area contributed by atoms with Crippen molar-refractivity contribution in [2.24, 2.45) is 0 Å². The number of rotatable bonds is 5. The van der Waals surface area contributed by atoms with E-state index in [4.69, 9.17) is 4.84 Å². The number of nitro benzene ring substituents is 1. The van der Waals surface area contributed by atoms with Crippen molar-refractivity contribution in [2.75, 3.05) is 0 Å². The topological polar surface area (TPSA) is 98.5 Å². The highest BCUT2D eigenvalue weighted by Crippen LogP contribution is 2.26. The molecule has 1 N–H and O–H groups in total. The molecule has 2 rings (SSSR count). The molecule has 1 aliphatic carbocycles. The molecule has 1 aromatic rings. The van der Waals surface area contributed by atoms with Crippen LogP contribution in [0.2, 0.25) is 0 Å². The Morgan fingerprint density at radius 1 is 1.29 bits per heavy atom. The monoisotopic (exact) mass is 314 g/mol. The van der Waals surface area contributed by atoms with Gasteiger partial charge in [0.25, 0.3) is 15.7 Å². The van der Waals surface area contributed by atoms with Gasteiger partial charge in [0.05, 0.1) is 15.9 Å². The first-order valence-electron chi connectivity index (χ1n) is 6.74. The van der Waals surface area contributed by atoms with Crippen molar-refractivity contribution in [3.63, 3.8) is 0 Å². The molecule has 116 valence electrons.